The summed E-state index contributed by atoms with van der Waals surface area (Å²) < 4.78 is 21.6. The second-order valence-corrected chi connectivity index (χ2v) is 9.35. The highest BCUT2D eigenvalue weighted by Crippen LogP contribution is 2.27. The number of benzene rings is 2. The number of aliphatic hydroxyl groups is 1. The average Bonchev–Trinajstić information content (AvgIpc) is 2.96. The molecule has 3 rings (SSSR count). The van der Waals surface area contributed by atoms with Crippen molar-refractivity contribution in [3.05, 3.63) is 65.2 Å². The number of ether oxygens (including phenoxy) is 4. The van der Waals surface area contributed by atoms with Crippen molar-refractivity contribution in [1.82, 2.24) is 10.6 Å². The summed E-state index contributed by atoms with van der Waals surface area (Å²) >= 11 is 0. The number of anilines is 1. The number of aliphatic hydroxyl groups excluding tert-OH is 1. The van der Waals surface area contributed by atoms with Crippen LogP contribution < -0.4 is 15.5 Å². The predicted octanol–water partition coefficient (Wildman–Crippen LogP) is 1.82. The minimum Gasteiger partial charge on any atom is -0.379 e. The van der Waals surface area contributed by atoms with Crippen molar-refractivity contribution in [3.63, 3.8) is 0 Å². The zero-order chi connectivity index (χ0) is 29.1. The number of fused-ring (bicyclic) bond motifs is 2. The summed E-state index contributed by atoms with van der Waals surface area (Å²) in [5.41, 5.74) is 3.73. The molecule has 0 bridgehead atoms. The van der Waals surface area contributed by atoms with Crippen LogP contribution in [-0.4, -0.2) is 89.1 Å². The first-order valence-electron chi connectivity index (χ1n) is 14.0. The van der Waals surface area contributed by atoms with Gasteiger partial charge in [-0.1, -0.05) is 42.2 Å². The lowest BCUT2D eigenvalue weighted by molar-refractivity contribution is -0.122. The van der Waals surface area contributed by atoms with Gasteiger partial charge in [0.25, 0.3) is 0 Å². The van der Waals surface area contributed by atoms with E-state index in [9.17, 15) is 14.7 Å². The van der Waals surface area contributed by atoms with Gasteiger partial charge in [0.2, 0.25) is 11.8 Å². The molecule has 2 amide bonds. The van der Waals surface area contributed by atoms with Gasteiger partial charge in [0.1, 0.15) is 6.23 Å². The number of carbonyl (C=O) groups excluding carboxylic acids is 2. The highest BCUT2D eigenvalue weighted by Gasteiger charge is 2.21. The maximum atomic E-state index is 12.2. The number of rotatable bonds is 19. The fourth-order valence-corrected chi connectivity index (χ4v) is 4.09. The lowest BCUT2D eigenvalue weighted by Crippen LogP contribution is -2.39. The van der Waals surface area contributed by atoms with E-state index in [0.29, 0.717) is 78.9 Å². The van der Waals surface area contributed by atoms with Gasteiger partial charge in [-0.15, -0.1) is 0 Å². The number of carbonyl (C=O) groups is 2. The molecule has 10 heteroatoms. The quantitative estimate of drug-likeness (QED) is 0.174. The minimum absolute atomic E-state index is 0.0740. The molecule has 0 aliphatic carbocycles. The van der Waals surface area contributed by atoms with Crippen LogP contribution in [0.1, 0.15) is 36.5 Å². The minimum atomic E-state index is -0.788. The molecular weight excluding hydrogens is 526 g/mol. The summed E-state index contributed by atoms with van der Waals surface area (Å²) in [6.07, 6.45) is -0.184. The first-order valence-corrected chi connectivity index (χ1v) is 14.0. The van der Waals surface area contributed by atoms with Gasteiger partial charge in [0, 0.05) is 50.5 Å². The molecule has 41 heavy (non-hydrogen) atoms. The predicted molar refractivity (Wildman–Crippen MR) is 155 cm³/mol. The SMILES string of the molecule is CC(=O)NCCOCCOCCOCCOCCC(=O)NCCC(O)N1Cc2ccccc2C#Cc2ccccc21. The van der Waals surface area contributed by atoms with E-state index in [1.807, 2.05) is 53.4 Å². The summed E-state index contributed by atoms with van der Waals surface area (Å²) in [6, 6.07) is 15.7. The molecule has 0 saturated heterocycles. The Balaban J connectivity index is 1.22. The van der Waals surface area contributed by atoms with Crippen molar-refractivity contribution >= 4 is 17.5 Å². The molecule has 0 aromatic heterocycles. The third-order valence-electron chi connectivity index (χ3n) is 6.20. The van der Waals surface area contributed by atoms with Gasteiger partial charge in [-0.25, -0.2) is 0 Å². The first kappa shape index (κ1) is 32.1. The van der Waals surface area contributed by atoms with Crippen LogP contribution in [0.5, 0.6) is 0 Å². The second kappa shape index (κ2) is 18.8. The van der Waals surface area contributed by atoms with Crippen molar-refractivity contribution in [2.24, 2.45) is 0 Å². The Morgan fingerprint density at radius 2 is 1.39 bits per heavy atom. The maximum Gasteiger partial charge on any atom is 0.222 e. The average molecular weight is 568 g/mol. The molecule has 0 radical (unpaired) electrons. The highest BCUT2D eigenvalue weighted by molar-refractivity contribution is 5.76. The summed E-state index contributed by atoms with van der Waals surface area (Å²) in [4.78, 5) is 24.9. The van der Waals surface area contributed by atoms with E-state index in [2.05, 4.69) is 22.5 Å². The largest absolute Gasteiger partial charge is 0.379 e. The van der Waals surface area contributed by atoms with Crippen molar-refractivity contribution in [2.75, 3.05) is 70.8 Å². The topological polar surface area (TPSA) is 119 Å². The monoisotopic (exact) mass is 567 g/mol. The summed E-state index contributed by atoms with van der Waals surface area (Å²) in [5, 5.41) is 16.6. The van der Waals surface area contributed by atoms with Gasteiger partial charge in [0.15, 0.2) is 0 Å². The van der Waals surface area contributed by atoms with E-state index < -0.39 is 6.23 Å². The smallest absolute Gasteiger partial charge is 0.222 e. The zero-order valence-corrected chi connectivity index (χ0v) is 23.7. The van der Waals surface area contributed by atoms with E-state index in [0.717, 1.165) is 22.4 Å². The van der Waals surface area contributed by atoms with Gasteiger partial charge in [-0.05, 0) is 23.8 Å². The fraction of sp³-hybridized carbons (Fsp3) is 0.484. The summed E-state index contributed by atoms with van der Waals surface area (Å²) in [7, 11) is 0. The van der Waals surface area contributed by atoms with E-state index >= 15 is 0 Å². The van der Waals surface area contributed by atoms with Crippen LogP contribution in [0.4, 0.5) is 5.69 Å². The molecule has 1 heterocycles. The molecule has 2 aromatic rings. The summed E-state index contributed by atoms with van der Waals surface area (Å²) in [5.74, 6) is 6.26. The molecule has 222 valence electrons. The molecule has 10 nitrogen and oxygen atoms in total. The molecular formula is C31H41N3O7. The lowest BCUT2D eigenvalue weighted by Gasteiger charge is -2.32. The normalized spacial score (nSPS) is 12.7. The van der Waals surface area contributed by atoms with Gasteiger partial charge in [-0.2, -0.15) is 0 Å². The van der Waals surface area contributed by atoms with Crippen LogP contribution in [-0.2, 0) is 35.1 Å². The van der Waals surface area contributed by atoms with Crippen molar-refractivity contribution in [2.45, 2.75) is 32.5 Å². The fourth-order valence-electron chi connectivity index (χ4n) is 4.09. The van der Waals surface area contributed by atoms with Gasteiger partial charge >= 0.3 is 0 Å². The second-order valence-electron chi connectivity index (χ2n) is 9.35. The van der Waals surface area contributed by atoms with Crippen molar-refractivity contribution < 1.29 is 33.6 Å². The van der Waals surface area contributed by atoms with E-state index in [-0.39, 0.29) is 18.2 Å². The zero-order valence-electron chi connectivity index (χ0n) is 23.7. The molecule has 3 N–H and O–H groups in total. The van der Waals surface area contributed by atoms with E-state index in [4.69, 9.17) is 18.9 Å². The van der Waals surface area contributed by atoms with Crippen LogP contribution >= 0.6 is 0 Å². The van der Waals surface area contributed by atoms with Crippen LogP contribution in [0, 0.1) is 11.8 Å². The van der Waals surface area contributed by atoms with Crippen LogP contribution in [0.2, 0.25) is 0 Å². The maximum absolute atomic E-state index is 12.2. The third-order valence-corrected chi connectivity index (χ3v) is 6.20. The Morgan fingerprint density at radius 1 is 0.805 bits per heavy atom. The Labute approximate surface area is 242 Å². The molecule has 1 atom stereocenters. The number of hydrogen-bond donors (Lipinski definition) is 3. The van der Waals surface area contributed by atoms with Crippen molar-refractivity contribution in [1.29, 1.82) is 0 Å². The van der Waals surface area contributed by atoms with E-state index in [1.165, 1.54) is 6.92 Å². The van der Waals surface area contributed by atoms with Crippen molar-refractivity contribution in [3.8, 4) is 11.8 Å². The molecule has 1 aliphatic heterocycles. The highest BCUT2D eigenvalue weighted by atomic mass is 16.6. The Kier molecular flexibility index (Phi) is 14.7. The number of para-hydroxylation sites is 1. The number of hydrogen-bond acceptors (Lipinski definition) is 8. The van der Waals surface area contributed by atoms with E-state index in [1.54, 1.807) is 0 Å². The Morgan fingerprint density at radius 3 is 2.10 bits per heavy atom. The van der Waals surface area contributed by atoms with Gasteiger partial charge < -0.3 is 39.6 Å². The standard InChI is InChI=1S/C31H41N3O7/c1-25(35)32-15-17-39-19-21-41-23-22-40-20-18-38-16-13-30(36)33-14-12-31(37)34-24-28-8-3-2-6-26(28)10-11-27-7-4-5-9-29(27)34/h2-9,31,37H,12-24H2,1H3,(H,32,35)(H,33,36). The molecule has 0 saturated carbocycles. The molecule has 2 aromatic carbocycles. The van der Waals surface area contributed by atoms with Crippen LogP contribution in [0.15, 0.2) is 48.5 Å². The molecule has 0 fully saturated rings. The summed E-state index contributed by atoms with van der Waals surface area (Å²) in [6.45, 7) is 6.17. The third kappa shape index (κ3) is 12.3. The van der Waals surface area contributed by atoms with Gasteiger partial charge in [0.05, 0.1) is 58.5 Å². The Hall–Kier alpha value is -3.46. The molecule has 1 aliphatic rings. The van der Waals surface area contributed by atoms with Crippen LogP contribution in [0.3, 0.4) is 0 Å². The number of nitrogens with zero attached hydrogens (tertiary/aromatic N) is 1. The number of amides is 2. The first-order chi connectivity index (χ1) is 20.0. The molecule has 0 spiro atoms. The van der Waals surface area contributed by atoms with Gasteiger partial charge in [-0.3, -0.25) is 9.59 Å². The number of nitrogens with one attached hydrogen (secondary N) is 2. The van der Waals surface area contributed by atoms with Crippen LogP contribution in [0.25, 0.3) is 0 Å². The Bertz CT molecular complexity index is 1150. The molecule has 1 unspecified atom stereocenters. The lowest BCUT2D eigenvalue weighted by atomic mass is 10.0.